The molecule has 15 heavy (non-hydrogen) atoms. The number of rotatable bonds is 5. The summed E-state index contributed by atoms with van der Waals surface area (Å²) in [6.07, 6.45) is 3.31. The van der Waals surface area contributed by atoms with Crippen LogP contribution in [0.15, 0.2) is 12.4 Å². The van der Waals surface area contributed by atoms with Crippen molar-refractivity contribution in [2.75, 3.05) is 20.3 Å². The molecule has 3 N–H and O–H groups in total. The number of aromatic nitrogens is 2. The maximum absolute atomic E-state index is 11.5. The van der Waals surface area contributed by atoms with Crippen molar-refractivity contribution < 1.29 is 9.53 Å². The van der Waals surface area contributed by atoms with E-state index in [2.05, 4.69) is 10.4 Å². The molecular formula is C9H16N4O2. The van der Waals surface area contributed by atoms with E-state index in [1.165, 1.54) is 0 Å². The molecule has 6 nitrogen and oxygen atoms in total. The van der Waals surface area contributed by atoms with Gasteiger partial charge in [0.25, 0.3) is 0 Å². The molecule has 0 saturated heterocycles. The number of amides is 1. The Kier molecular flexibility index (Phi) is 4.26. The summed E-state index contributed by atoms with van der Waals surface area (Å²) in [7, 11) is 3.35. The van der Waals surface area contributed by atoms with Crippen LogP contribution < -0.4 is 11.1 Å². The van der Waals surface area contributed by atoms with E-state index in [1.54, 1.807) is 31.2 Å². The number of nitrogens with zero attached hydrogens (tertiary/aromatic N) is 2. The first-order valence-electron chi connectivity index (χ1n) is 4.66. The highest BCUT2D eigenvalue weighted by molar-refractivity contribution is 5.82. The van der Waals surface area contributed by atoms with Gasteiger partial charge in [0.15, 0.2) is 0 Å². The molecule has 6 heteroatoms. The number of nitrogens with one attached hydrogen (secondary N) is 1. The maximum atomic E-state index is 11.5. The number of carbonyl (C=O) groups excluding carboxylic acids is 1. The monoisotopic (exact) mass is 212 g/mol. The van der Waals surface area contributed by atoms with Crippen LogP contribution >= 0.6 is 0 Å². The lowest BCUT2D eigenvalue weighted by atomic mass is 10.1. The Balaban J connectivity index is 2.46. The van der Waals surface area contributed by atoms with Crippen molar-refractivity contribution in [2.24, 2.45) is 12.8 Å². The second-order valence-corrected chi connectivity index (χ2v) is 3.21. The number of nitrogens with two attached hydrogens (primary N) is 1. The van der Waals surface area contributed by atoms with E-state index in [0.717, 1.165) is 0 Å². The number of hydrogen-bond donors (Lipinski definition) is 2. The van der Waals surface area contributed by atoms with Crippen LogP contribution in [0.2, 0.25) is 0 Å². The second kappa shape index (κ2) is 5.47. The van der Waals surface area contributed by atoms with Crippen LogP contribution in [0, 0.1) is 0 Å². The summed E-state index contributed by atoms with van der Waals surface area (Å²) in [6.45, 7) is 0.939. The minimum Gasteiger partial charge on any atom is -0.383 e. The van der Waals surface area contributed by atoms with Gasteiger partial charge in [0.1, 0.15) is 6.04 Å². The molecule has 0 radical (unpaired) electrons. The number of ether oxygens (including phenoxy) is 1. The lowest BCUT2D eigenvalue weighted by Gasteiger charge is -2.09. The predicted octanol–water partition coefficient (Wildman–Crippen LogP) is -0.817. The van der Waals surface area contributed by atoms with Gasteiger partial charge in [-0.3, -0.25) is 9.48 Å². The molecule has 1 amide bonds. The van der Waals surface area contributed by atoms with Crippen molar-refractivity contribution in [2.45, 2.75) is 6.04 Å². The molecule has 0 spiro atoms. The summed E-state index contributed by atoms with van der Waals surface area (Å²) in [5, 5.41) is 6.61. The van der Waals surface area contributed by atoms with E-state index in [-0.39, 0.29) is 5.91 Å². The lowest BCUT2D eigenvalue weighted by molar-refractivity contribution is -0.122. The van der Waals surface area contributed by atoms with Crippen LogP contribution in [0.5, 0.6) is 0 Å². The first kappa shape index (κ1) is 11.7. The Morgan fingerprint density at radius 2 is 2.53 bits per heavy atom. The Morgan fingerprint density at radius 1 is 1.80 bits per heavy atom. The molecule has 84 valence electrons. The van der Waals surface area contributed by atoms with Gasteiger partial charge in [-0.1, -0.05) is 0 Å². The summed E-state index contributed by atoms with van der Waals surface area (Å²) in [5.74, 6) is -0.222. The van der Waals surface area contributed by atoms with E-state index < -0.39 is 6.04 Å². The lowest BCUT2D eigenvalue weighted by Crippen LogP contribution is -2.35. The fraction of sp³-hybridized carbons (Fsp3) is 0.556. The zero-order valence-electron chi connectivity index (χ0n) is 8.93. The predicted molar refractivity (Wildman–Crippen MR) is 55.0 cm³/mol. The molecule has 0 fully saturated rings. The molecule has 0 saturated carbocycles. The third-order valence-electron chi connectivity index (χ3n) is 1.97. The first-order chi connectivity index (χ1) is 7.15. The highest BCUT2D eigenvalue weighted by Crippen LogP contribution is 2.07. The van der Waals surface area contributed by atoms with Gasteiger partial charge in [-0.25, -0.2) is 0 Å². The average Bonchev–Trinajstić information content (AvgIpc) is 2.64. The Labute approximate surface area is 88.4 Å². The first-order valence-corrected chi connectivity index (χ1v) is 4.66. The number of hydrogen-bond acceptors (Lipinski definition) is 4. The van der Waals surface area contributed by atoms with E-state index in [4.69, 9.17) is 10.5 Å². The molecule has 1 rings (SSSR count). The van der Waals surface area contributed by atoms with Gasteiger partial charge in [-0.2, -0.15) is 5.10 Å². The van der Waals surface area contributed by atoms with Gasteiger partial charge in [-0.05, 0) is 0 Å². The Morgan fingerprint density at radius 3 is 3.07 bits per heavy atom. The molecule has 0 aliphatic heterocycles. The Bertz CT molecular complexity index is 324. The third-order valence-corrected chi connectivity index (χ3v) is 1.97. The maximum Gasteiger partial charge on any atom is 0.241 e. The quantitative estimate of drug-likeness (QED) is 0.625. The smallest absolute Gasteiger partial charge is 0.241 e. The Hall–Kier alpha value is -1.40. The normalized spacial score (nSPS) is 12.5. The fourth-order valence-electron chi connectivity index (χ4n) is 1.14. The van der Waals surface area contributed by atoms with E-state index in [0.29, 0.717) is 18.7 Å². The van der Waals surface area contributed by atoms with Crippen LogP contribution in [-0.2, 0) is 16.6 Å². The molecule has 0 bridgehead atoms. The van der Waals surface area contributed by atoms with E-state index in [9.17, 15) is 4.79 Å². The van der Waals surface area contributed by atoms with Crippen LogP contribution in [-0.4, -0.2) is 35.9 Å². The minimum atomic E-state index is -0.671. The standard InChI is InChI=1S/C9H16N4O2/c1-13-6-7(5-12-13)8(10)9(14)11-3-4-15-2/h5-6,8H,3-4,10H2,1-2H3,(H,11,14). The minimum absolute atomic E-state index is 0.222. The van der Waals surface area contributed by atoms with Gasteiger partial charge >= 0.3 is 0 Å². The highest BCUT2D eigenvalue weighted by atomic mass is 16.5. The molecule has 1 aromatic heterocycles. The van der Waals surface area contributed by atoms with Gasteiger partial charge in [0, 0.05) is 32.5 Å². The number of carbonyl (C=O) groups is 1. The molecule has 1 heterocycles. The van der Waals surface area contributed by atoms with Crippen LogP contribution in [0.3, 0.4) is 0 Å². The summed E-state index contributed by atoms with van der Waals surface area (Å²) in [5.41, 5.74) is 6.43. The van der Waals surface area contributed by atoms with Crippen molar-refractivity contribution in [1.82, 2.24) is 15.1 Å². The molecule has 0 aromatic carbocycles. The van der Waals surface area contributed by atoms with Gasteiger partial charge in [0.2, 0.25) is 5.91 Å². The topological polar surface area (TPSA) is 82.2 Å². The summed E-state index contributed by atoms with van der Waals surface area (Å²) in [4.78, 5) is 11.5. The molecular weight excluding hydrogens is 196 g/mol. The zero-order chi connectivity index (χ0) is 11.3. The third kappa shape index (κ3) is 3.34. The second-order valence-electron chi connectivity index (χ2n) is 3.21. The average molecular weight is 212 g/mol. The largest absolute Gasteiger partial charge is 0.383 e. The highest BCUT2D eigenvalue weighted by Gasteiger charge is 2.16. The molecule has 1 unspecified atom stereocenters. The van der Waals surface area contributed by atoms with Crippen LogP contribution in [0.4, 0.5) is 0 Å². The van der Waals surface area contributed by atoms with Crippen molar-refractivity contribution in [1.29, 1.82) is 0 Å². The summed E-state index contributed by atoms with van der Waals surface area (Å²) >= 11 is 0. The fourth-order valence-corrected chi connectivity index (χ4v) is 1.14. The van der Waals surface area contributed by atoms with E-state index in [1.807, 2.05) is 0 Å². The SMILES string of the molecule is COCCNC(=O)C(N)c1cnn(C)c1. The van der Waals surface area contributed by atoms with Crippen LogP contribution in [0.1, 0.15) is 11.6 Å². The molecule has 1 atom stereocenters. The summed E-state index contributed by atoms with van der Waals surface area (Å²) < 4.78 is 6.42. The van der Waals surface area contributed by atoms with Crippen molar-refractivity contribution in [3.63, 3.8) is 0 Å². The molecule has 0 aliphatic rings. The summed E-state index contributed by atoms with van der Waals surface area (Å²) in [6, 6.07) is -0.671. The number of aryl methyl sites for hydroxylation is 1. The number of methoxy groups -OCH3 is 1. The van der Waals surface area contributed by atoms with Crippen LogP contribution in [0.25, 0.3) is 0 Å². The van der Waals surface area contributed by atoms with Gasteiger partial charge in [-0.15, -0.1) is 0 Å². The van der Waals surface area contributed by atoms with E-state index >= 15 is 0 Å². The van der Waals surface area contributed by atoms with Gasteiger partial charge in [0.05, 0.1) is 12.8 Å². The van der Waals surface area contributed by atoms with Crippen molar-refractivity contribution in [3.05, 3.63) is 18.0 Å². The molecule has 0 aliphatic carbocycles. The van der Waals surface area contributed by atoms with Crippen molar-refractivity contribution >= 4 is 5.91 Å². The van der Waals surface area contributed by atoms with Crippen molar-refractivity contribution in [3.8, 4) is 0 Å². The van der Waals surface area contributed by atoms with Gasteiger partial charge < -0.3 is 15.8 Å². The zero-order valence-corrected chi connectivity index (χ0v) is 8.93. The molecule has 1 aromatic rings.